The van der Waals surface area contributed by atoms with E-state index < -0.39 is 0 Å². The standard InChI is InChI=1S/C12H10BrN3OS/c1-17-8-3-2-5-16-11(14)9(15-12(8)16)10-7(13)4-6-18-10/h2-6H,14H2,1H3. The Morgan fingerprint density at radius 1 is 1.44 bits per heavy atom. The number of halogens is 1. The minimum absolute atomic E-state index is 0.618. The Kier molecular flexibility index (Phi) is 2.76. The number of nitrogens with two attached hydrogens (primary N) is 1. The van der Waals surface area contributed by atoms with Crippen molar-refractivity contribution >= 4 is 38.7 Å². The largest absolute Gasteiger partial charge is 0.493 e. The summed E-state index contributed by atoms with van der Waals surface area (Å²) in [7, 11) is 1.63. The van der Waals surface area contributed by atoms with Gasteiger partial charge in [-0.1, -0.05) is 0 Å². The van der Waals surface area contributed by atoms with Gasteiger partial charge in [-0.3, -0.25) is 4.40 Å². The molecule has 18 heavy (non-hydrogen) atoms. The fourth-order valence-electron chi connectivity index (χ4n) is 1.85. The van der Waals surface area contributed by atoms with Crippen molar-refractivity contribution in [1.29, 1.82) is 0 Å². The van der Waals surface area contributed by atoms with E-state index in [0.29, 0.717) is 11.6 Å². The molecule has 0 atom stereocenters. The minimum Gasteiger partial charge on any atom is -0.493 e. The van der Waals surface area contributed by atoms with Crippen LogP contribution in [0.1, 0.15) is 0 Å². The minimum atomic E-state index is 0.618. The molecular weight excluding hydrogens is 314 g/mol. The summed E-state index contributed by atoms with van der Waals surface area (Å²) in [4.78, 5) is 5.61. The predicted octanol–water partition coefficient (Wildman–Crippen LogP) is 3.42. The third-order valence-electron chi connectivity index (χ3n) is 2.70. The molecule has 6 heteroatoms. The van der Waals surface area contributed by atoms with Crippen molar-refractivity contribution in [2.45, 2.75) is 0 Å². The molecule has 3 rings (SSSR count). The van der Waals surface area contributed by atoms with Crippen LogP contribution in [-0.4, -0.2) is 16.5 Å². The van der Waals surface area contributed by atoms with Crippen LogP contribution in [0.15, 0.2) is 34.2 Å². The molecule has 0 saturated carbocycles. The molecule has 0 saturated heterocycles. The Morgan fingerprint density at radius 3 is 2.94 bits per heavy atom. The van der Waals surface area contributed by atoms with Crippen LogP contribution in [0, 0.1) is 0 Å². The van der Waals surface area contributed by atoms with Gasteiger partial charge in [0.2, 0.25) is 0 Å². The first-order chi connectivity index (χ1) is 8.72. The van der Waals surface area contributed by atoms with Gasteiger partial charge in [0, 0.05) is 10.7 Å². The lowest BCUT2D eigenvalue weighted by atomic mass is 10.3. The van der Waals surface area contributed by atoms with Gasteiger partial charge in [-0.15, -0.1) is 11.3 Å². The van der Waals surface area contributed by atoms with Crippen molar-refractivity contribution in [2.24, 2.45) is 0 Å². The lowest BCUT2D eigenvalue weighted by Crippen LogP contribution is -1.94. The van der Waals surface area contributed by atoms with Crippen LogP contribution in [0.3, 0.4) is 0 Å². The maximum Gasteiger partial charge on any atom is 0.181 e. The van der Waals surface area contributed by atoms with E-state index in [1.165, 1.54) is 0 Å². The monoisotopic (exact) mass is 323 g/mol. The van der Waals surface area contributed by atoms with Gasteiger partial charge in [0.1, 0.15) is 11.5 Å². The Balaban J connectivity index is 2.32. The van der Waals surface area contributed by atoms with Crippen LogP contribution in [0.2, 0.25) is 0 Å². The van der Waals surface area contributed by atoms with Gasteiger partial charge in [-0.2, -0.15) is 0 Å². The zero-order valence-electron chi connectivity index (χ0n) is 9.55. The Labute approximate surface area is 116 Å². The molecule has 0 bridgehead atoms. The summed E-state index contributed by atoms with van der Waals surface area (Å²) < 4.78 is 8.13. The van der Waals surface area contributed by atoms with E-state index in [0.717, 1.165) is 20.7 Å². The second-order valence-electron chi connectivity index (χ2n) is 3.71. The molecule has 3 aromatic heterocycles. The summed E-state index contributed by atoms with van der Waals surface area (Å²) in [6.07, 6.45) is 1.88. The van der Waals surface area contributed by atoms with Gasteiger partial charge in [-0.05, 0) is 39.5 Å². The third kappa shape index (κ3) is 1.60. The first kappa shape index (κ1) is 11.6. The molecule has 0 radical (unpaired) electrons. The lowest BCUT2D eigenvalue weighted by molar-refractivity contribution is 0.417. The van der Waals surface area contributed by atoms with Crippen molar-refractivity contribution in [1.82, 2.24) is 9.38 Å². The number of aromatic nitrogens is 2. The van der Waals surface area contributed by atoms with Gasteiger partial charge >= 0.3 is 0 Å². The summed E-state index contributed by atoms with van der Waals surface area (Å²) in [5.41, 5.74) is 7.66. The van der Waals surface area contributed by atoms with E-state index in [4.69, 9.17) is 10.5 Å². The Morgan fingerprint density at radius 2 is 2.28 bits per heavy atom. The first-order valence-electron chi connectivity index (χ1n) is 5.26. The Bertz CT molecular complexity index is 719. The highest BCUT2D eigenvalue weighted by Crippen LogP contribution is 2.37. The number of nitrogens with zero attached hydrogens (tertiary/aromatic N) is 2. The summed E-state index contributed by atoms with van der Waals surface area (Å²) in [6, 6.07) is 5.74. The number of hydrogen-bond acceptors (Lipinski definition) is 4. The molecule has 2 N–H and O–H groups in total. The van der Waals surface area contributed by atoms with E-state index in [2.05, 4.69) is 20.9 Å². The molecule has 0 aliphatic rings. The molecule has 0 aliphatic carbocycles. The second kappa shape index (κ2) is 4.29. The number of fused-ring (bicyclic) bond motifs is 1. The average Bonchev–Trinajstić information content (AvgIpc) is 2.93. The molecule has 3 heterocycles. The zero-order valence-corrected chi connectivity index (χ0v) is 12.0. The number of rotatable bonds is 2. The Hall–Kier alpha value is -1.53. The van der Waals surface area contributed by atoms with Crippen LogP contribution in [0.4, 0.5) is 5.82 Å². The third-order valence-corrected chi connectivity index (χ3v) is 4.55. The van der Waals surface area contributed by atoms with Crippen LogP contribution < -0.4 is 10.5 Å². The summed E-state index contributed by atoms with van der Waals surface area (Å²) in [6.45, 7) is 0. The van der Waals surface area contributed by atoms with Crippen molar-refractivity contribution in [2.75, 3.05) is 12.8 Å². The SMILES string of the molecule is COc1cccn2c(N)c(-c3sccc3Br)nc12. The van der Waals surface area contributed by atoms with Crippen LogP contribution in [0.5, 0.6) is 5.75 Å². The normalized spacial score (nSPS) is 11.0. The molecule has 0 aromatic carbocycles. The van der Waals surface area contributed by atoms with Gasteiger partial charge in [0.25, 0.3) is 0 Å². The van der Waals surface area contributed by atoms with Crippen molar-refractivity contribution < 1.29 is 4.74 Å². The summed E-state index contributed by atoms with van der Waals surface area (Å²) in [5.74, 6) is 1.33. The fourth-order valence-corrected chi connectivity index (χ4v) is 3.41. The fraction of sp³-hybridized carbons (Fsp3) is 0.0833. The molecule has 3 aromatic rings. The molecule has 0 unspecified atom stereocenters. The van der Waals surface area contributed by atoms with E-state index in [1.54, 1.807) is 18.4 Å². The number of pyridine rings is 1. The molecule has 4 nitrogen and oxygen atoms in total. The number of imidazole rings is 1. The van der Waals surface area contributed by atoms with Crippen LogP contribution >= 0.6 is 27.3 Å². The van der Waals surface area contributed by atoms with Crippen LogP contribution in [-0.2, 0) is 0 Å². The van der Waals surface area contributed by atoms with Gasteiger partial charge in [-0.25, -0.2) is 4.98 Å². The van der Waals surface area contributed by atoms with Crippen molar-refractivity contribution in [3.8, 4) is 16.3 Å². The van der Waals surface area contributed by atoms with Gasteiger partial charge in [0.15, 0.2) is 11.4 Å². The maximum absolute atomic E-state index is 6.15. The highest BCUT2D eigenvalue weighted by atomic mass is 79.9. The maximum atomic E-state index is 6.15. The van der Waals surface area contributed by atoms with Crippen LogP contribution in [0.25, 0.3) is 16.2 Å². The molecule has 0 aliphatic heterocycles. The lowest BCUT2D eigenvalue weighted by Gasteiger charge is -2.01. The topological polar surface area (TPSA) is 52.5 Å². The highest BCUT2D eigenvalue weighted by molar-refractivity contribution is 9.10. The predicted molar refractivity (Wildman–Crippen MR) is 77.2 cm³/mol. The molecular formula is C12H10BrN3OS. The van der Waals surface area contributed by atoms with Crippen molar-refractivity contribution in [3.63, 3.8) is 0 Å². The zero-order chi connectivity index (χ0) is 12.7. The molecule has 0 fully saturated rings. The summed E-state index contributed by atoms with van der Waals surface area (Å²) >= 11 is 5.11. The van der Waals surface area contributed by atoms with Crippen molar-refractivity contribution in [3.05, 3.63) is 34.2 Å². The number of thiophene rings is 1. The molecule has 92 valence electrons. The number of ether oxygens (including phenoxy) is 1. The number of methoxy groups -OCH3 is 1. The number of hydrogen-bond donors (Lipinski definition) is 1. The quantitative estimate of drug-likeness (QED) is 0.786. The molecule has 0 spiro atoms. The van der Waals surface area contributed by atoms with E-state index >= 15 is 0 Å². The smallest absolute Gasteiger partial charge is 0.181 e. The average molecular weight is 324 g/mol. The van der Waals surface area contributed by atoms with E-state index in [9.17, 15) is 0 Å². The summed E-state index contributed by atoms with van der Waals surface area (Å²) in [5, 5.41) is 2.00. The second-order valence-corrected chi connectivity index (χ2v) is 5.48. The van der Waals surface area contributed by atoms with Gasteiger partial charge in [0.05, 0.1) is 12.0 Å². The van der Waals surface area contributed by atoms with E-state index in [-0.39, 0.29) is 0 Å². The number of anilines is 1. The highest BCUT2D eigenvalue weighted by Gasteiger charge is 2.16. The molecule has 0 amide bonds. The van der Waals surface area contributed by atoms with Gasteiger partial charge < -0.3 is 10.5 Å². The first-order valence-corrected chi connectivity index (χ1v) is 6.93. The number of nitrogen functional groups attached to an aromatic ring is 1. The van der Waals surface area contributed by atoms with E-state index in [1.807, 2.05) is 34.2 Å².